The van der Waals surface area contributed by atoms with Gasteiger partial charge in [0, 0.05) is 17.8 Å². The molecule has 1 aromatic carbocycles. The molecule has 0 aromatic heterocycles. The van der Waals surface area contributed by atoms with Crippen molar-refractivity contribution in [2.75, 3.05) is 24.2 Å². The Balaban J connectivity index is 2.07. The molecule has 1 aromatic rings. The van der Waals surface area contributed by atoms with E-state index in [1.807, 2.05) is 0 Å². The largest absolute Gasteiger partial charge is 0.480 e. The lowest BCUT2D eigenvalue weighted by molar-refractivity contribution is -0.135. The van der Waals surface area contributed by atoms with Gasteiger partial charge in [-0.3, -0.25) is 14.4 Å². The average Bonchev–Trinajstić information content (AvgIpc) is 2.92. The molecule has 0 spiro atoms. The van der Waals surface area contributed by atoms with Crippen molar-refractivity contribution in [1.29, 1.82) is 0 Å². The molecule has 1 aliphatic rings. The lowest BCUT2D eigenvalue weighted by Gasteiger charge is -2.28. The zero-order chi connectivity index (χ0) is 20.2. The van der Waals surface area contributed by atoms with Crippen molar-refractivity contribution in [2.45, 2.75) is 26.3 Å². The van der Waals surface area contributed by atoms with Gasteiger partial charge in [0.1, 0.15) is 12.6 Å². The number of carbonyl (C=O) groups is 3. The van der Waals surface area contributed by atoms with Crippen LogP contribution in [-0.2, 0) is 19.6 Å². The van der Waals surface area contributed by atoms with Crippen molar-refractivity contribution in [3.05, 3.63) is 29.8 Å². The summed E-state index contributed by atoms with van der Waals surface area (Å²) in [6.45, 7) is 3.40. The van der Waals surface area contributed by atoms with Crippen LogP contribution in [0.15, 0.2) is 24.3 Å². The molecule has 1 unspecified atom stereocenters. The molecule has 0 radical (unpaired) electrons. The summed E-state index contributed by atoms with van der Waals surface area (Å²) >= 11 is 0. The van der Waals surface area contributed by atoms with E-state index in [4.69, 9.17) is 5.11 Å². The predicted octanol–water partition coefficient (Wildman–Crippen LogP) is 0.500. The highest BCUT2D eigenvalue weighted by Gasteiger charge is 2.39. The highest BCUT2D eigenvalue weighted by atomic mass is 32.2. The minimum atomic E-state index is -3.43. The molecule has 0 saturated carbocycles. The van der Waals surface area contributed by atoms with Gasteiger partial charge in [0.15, 0.2) is 0 Å². The second-order valence-electron chi connectivity index (χ2n) is 6.61. The Morgan fingerprint density at radius 3 is 2.30 bits per heavy atom. The zero-order valence-corrected chi connectivity index (χ0v) is 16.0. The molecule has 2 amide bonds. The van der Waals surface area contributed by atoms with Gasteiger partial charge in [-0.25, -0.2) is 8.42 Å². The van der Waals surface area contributed by atoms with E-state index in [-0.39, 0.29) is 17.2 Å². The fourth-order valence-corrected chi connectivity index (χ4v) is 4.74. The average molecular weight is 397 g/mol. The summed E-state index contributed by atoms with van der Waals surface area (Å²) in [6, 6.07) is 5.09. The second-order valence-corrected chi connectivity index (χ2v) is 8.65. The number of hydrogen-bond acceptors (Lipinski definition) is 5. The zero-order valence-electron chi connectivity index (χ0n) is 15.1. The monoisotopic (exact) mass is 397 g/mol. The third kappa shape index (κ3) is 5.27. The van der Waals surface area contributed by atoms with Gasteiger partial charge in [-0.05, 0) is 36.6 Å². The minimum Gasteiger partial charge on any atom is -0.480 e. The number of rotatable bonds is 7. The van der Waals surface area contributed by atoms with Crippen LogP contribution in [0.5, 0.6) is 0 Å². The highest BCUT2D eigenvalue weighted by Crippen LogP contribution is 2.23. The lowest BCUT2D eigenvalue weighted by atomic mass is 10.0. The number of anilines is 1. The Hall–Kier alpha value is -2.46. The predicted molar refractivity (Wildman–Crippen MR) is 98.8 cm³/mol. The van der Waals surface area contributed by atoms with Gasteiger partial charge in [-0.1, -0.05) is 13.8 Å². The summed E-state index contributed by atoms with van der Waals surface area (Å²) in [4.78, 5) is 34.9. The van der Waals surface area contributed by atoms with Gasteiger partial charge >= 0.3 is 5.97 Å². The van der Waals surface area contributed by atoms with E-state index in [9.17, 15) is 22.8 Å². The van der Waals surface area contributed by atoms with Crippen molar-refractivity contribution < 1.29 is 27.9 Å². The molecule has 0 aliphatic carbocycles. The number of sulfonamides is 1. The molecular formula is C17H23N3O6S. The van der Waals surface area contributed by atoms with Gasteiger partial charge < -0.3 is 15.7 Å². The number of carbonyl (C=O) groups excluding carboxylic acids is 2. The number of carboxylic acids is 1. The maximum Gasteiger partial charge on any atom is 0.322 e. The van der Waals surface area contributed by atoms with Gasteiger partial charge in [0.25, 0.3) is 5.91 Å². The molecule has 10 heteroatoms. The van der Waals surface area contributed by atoms with Crippen LogP contribution in [0.3, 0.4) is 0 Å². The van der Waals surface area contributed by atoms with E-state index in [2.05, 4.69) is 10.6 Å². The van der Waals surface area contributed by atoms with E-state index in [1.165, 1.54) is 28.6 Å². The van der Waals surface area contributed by atoms with E-state index in [0.717, 1.165) is 0 Å². The number of nitrogens with zero attached hydrogens (tertiary/aromatic N) is 1. The summed E-state index contributed by atoms with van der Waals surface area (Å²) in [5.41, 5.74) is 0.661. The second kappa shape index (κ2) is 8.49. The number of nitrogens with one attached hydrogen (secondary N) is 2. The molecule has 27 heavy (non-hydrogen) atoms. The molecule has 9 nitrogen and oxygen atoms in total. The smallest absolute Gasteiger partial charge is 0.322 e. The number of amides is 2. The van der Waals surface area contributed by atoms with Gasteiger partial charge in [0.2, 0.25) is 15.9 Å². The van der Waals surface area contributed by atoms with E-state index >= 15 is 0 Å². The van der Waals surface area contributed by atoms with Crippen molar-refractivity contribution in [1.82, 2.24) is 9.62 Å². The maximum absolute atomic E-state index is 12.7. The first-order valence-electron chi connectivity index (χ1n) is 8.52. The number of carboxylic acid groups (broad SMARTS) is 1. The van der Waals surface area contributed by atoms with Crippen molar-refractivity contribution >= 4 is 33.5 Å². The van der Waals surface area contributed by atoms with Crippen LogP contribution >= 0.6 is 0 Å². The Morgan fingerprint density at radius 2 is 1.81 bits per heavy atom. The third-order valence-electron chi connectivity index (χ3n) is 4.16. The Kier molecular flexibility index (Phi) is 6.55. The van der Waals surface area contributed by atoms with Crippen LogP contribution in [0.2, 0.25) is 0 Å². The first-order chi connectivity index (χ1) is 12.6. The molecule has 0 bridgehead atoms. The quantitative estimate of drug-likeness (QED) is 0.614. The van der Waals surface area contributed by atoms with E-state index in [1.54, 1.807) is 13.8 Å². The molecule has 1 fully saturated rings. The third-order valence-corrected chi connectivity index (χ3v) is 6.09. The van der Waals surface area contributed by atoms with Crippen LogP contribution < -0.4 is 10.6 Å². The van der Waals surface area contributed by atoms with Crippen molar-refractivity contribution in [3.63, 3.8) is 0 Å². The minimum absolute atomic E-state index is 0.0453. The van der Waals surface area contributed by atoms with Crippen molar-refractivity contribution in [2.24, 2.45) is 5.92 Å². The standard InChI is InChI=1S/C17H23N3O6S/c1-11(2)15(20-8-3-9-27(20,25)26)17(24)19-13-6-4-12(5-7-13)16(23)18-10-14(21)22/h4-7,11,15H,3,8-10H2,1-2H3,(H,18,23)(H,19,24)(H,21,22). The van der Waals surface area contributed by atoms with Crippen LogP contribution in [-0.4, -0.2) is 60.5 Å². The summed E-state index contributed by atoms with van der Waals surface area (Å²) in [5, 5.41) is 13.5. The highest BCUT2D eigenvalue weighted by molar-refractivity contribution is 7.89. The fourth-order valence-electron chi connectivity index (χ4n) is 2.92. The summed E-state index contributed by atoms with van der Waals surface area (Å²) in [7, 11) is -3.43. The number of benzene rings is 1. The Labute approximate surface area is 157 Å². The molecule has 1 heterocycles. The van der Waals surface area contributed by atoms with Crippen LogP contribution in [0.4, 0.5) is 5.69 Å². The molecular weight excluding hydrogens is 374 g/mol. The molecule has 3 N–H and O–H groups in total. The van der Waals surface area contributed by atoms with Gasteiger partial charge in [-0.2, -0.15) is 4.31 Å². The Bertz CT molecular complexity index is 820. The normalized spacial score (nSPS) is 17.4. The molecule has 1 atom stereocenters. The summed E-state index contributed by atoms with van der Waals surface area (Å²) in [6.07, 6.45) is 0.499. The van der Waals surface area contributed by atoms with Crippen LogP contribution in [0, 0.1) is 5.92 Å². The van der Waals surface area contributed by atoms with Gasteiger partial charge in [-0.15, -0.1) is 0 Å². The lowest BCUT2D eigenvalue weighted by Crippen LogP contribution is -2.48. The molecule has 1 saturated heterocycles. The fraction of sp³-hybridized carbons (Fsp3) is 0.471. The van der Waals surface area contributed by atoms with Crippen LogP contribution in [0.1, 0.15) is 30.6 Å². The SMILES string of the molecule is CC(C)C(C(=O)Nc1ccc(C(=O)NCC(=O)O)cc1)N1CCCS1(=O)=O. The van der Waals surface area contributed by atoms with Crippen molar-refractivity contribution in [3.8, 4) is 0 Å². The Morgan fingerprint density at radius 1 is 1.19 bits per heavy atom. The molecule has 2 rings (SSSR count). The first kappa shape index (κ1) is 20.8. The topological polar surface area (TPSA) is 133 Å². The summed E-state index contributed by atoms with van der Waals surface area (Å²) < 4.78 is 25.6. The number of hydrogen-bond donors (Lipinski definition) is 3. The number of aliphatic carboxylic acids is 1. The molecule has 148 valence electrons. The maximum atomic E-state index is 12.7. The first-order valence-corrected chi connectivity index (χ1v) is 10.1. The van der Waals surface area contributed by atoms with E-state index < -0.39 is 40.4 Å². The van der Waals surface area contributed by atoms with Gasteiger partial charge in [0.05, 0.1) is 5.75 Å². The van der Waals surface area contributed by atoms with E-state index in [0.29, 0.717) is 18.7 Å². The van der Waals surface area contributed by atoms with Crippen LogP contribution in [0.25, 0.3) is 0 Å². The molecule has 1 aliphatic heterocycles. The summed E-state index contributed by atoms with van der Waals surface area (Å²) in [5.74, 6) is -2.29.